The maximum atomic E-state index is 11.9. The molecular formula is C19H21NO4. The van der Waals surface area contributed by atoms with E-state index in [0.717, 1.165) is 10.9 Å². The summed E-state index contributed by atoms with van der Waals surface area (Å²) in [6.45, 7) is 7.84. The maximum absolute atomic E-state index is 11.9. The Morgan fingerprint density at radius 3 is 2.71 bits per heavy atom. The zero-order chi connectivity index (χ0) is 17.2. The van der Waals surface area contributed by atoms with Gasteiger partial charge < -0.3 is 19.6 Å². The van der Waals surface area contributed by atoms with Gasteiger partial charge >= 0.3 is 0 Å². The summed E-state index contributed by atoms with van der Waals surface area (Å²) in [6, 6.07) is 3.23. The van der Waals surface area contributed by atoms with Gasteiger partial charge in [0.05, 0.1) is 17.2 Å². The van der Waals surface area contributed by atoms with Crippen LogP contribution in [-0.2, 0) is 0 Å². The fourth-order valence-electron chi connectivity index (χ4n) is 3.45. The predicted molar refractivity (Wildman–Crippen MR) is 92.5 cm³/mol. The number of rotatable bonds is 0. The van der Waals surface area contributed by atoms with Gasteiger partial charge in [-0.15, -0.1) is 0 Å². The Labute approximate surface area is 139 Å². The van der Waals surface area contributed by atoms with Crippen molar-refractivity contribution in [1.82, 2.24) is 4.98 Å². The van der Waals surface area contributed by atoms with E-state index in [-0.39, 0.29) is 17.6 Å². The van der Waals surface area contributed by atoms with E-state index in [1.54, 1.807) is 6.07 Å². The molecule has 2 aliphatic rings. The van der Waals surface area contributed by atoms with Crippen molar-refractivity contribution < 1.29 is 14.6 Å². The lowest BCUT2D eigenvalue weighted by molar-refractivity contribution is 0.0180. The molecule has 3 atom stereocenters. The average molecular weight is 327 g/mol. The number of pyridine rings is 1. The Morgan fingerprint density at radius 2 is 1.96 bits per heavy atom. The second kappa shape index (κ2) is 4.86. The van der Waals surface area contributed by atoms with Gasteiger partial charge in [0.1, 0.15) is 23.2 Å². The third-order valence-electron chi connectivity index (χ3n) is 5.02. The van der Waals surface area contributed by atoms with Gasteiger partial charge in [-0.1, -0.05) is 6.92 Å². The summed E-state index contributed by atoms with van der Waals surface area (Å²) in [5.41, 5.74) is 1.39. The molecule has 0 spiro atoms. The number of nitrogens with one attached hydrogen (secondary N) is 1. The first-order chi connectivity index (χ1) is 11.3. The van der Waals surface area contributed by atoms with Gasteiger partial charge in [0.25, 0.3) is 0 Å². The van der Waals surface area contributed by atoms with Crippen molar-refractivity contribution >= 4 is 17.0 Å². The molecule has 0 radical (unpaired) electrons. The molecule has 2 N–H and O–H groups in total. The minimum absolute atomic E-state index is 0.0765. The molecule has 0 saturated carbocycles. The summed E-state index contributed by atoms with van der Waals surface area (Å²) >= 11 is 0. The van der Waals surface area contributed by atoms with Gasteiger partial charge in [-0.25, -0.2) is 0 Å². The quantitative estimate of drug-likeness (QED) is 0.780. The molecule has 0 fully saturated rings. The van der Waals surface area contributed by atoms with Gasteiger partial charge in [0, 0.05) is 22.9 Å². The number of fused-ring (bicyclic) bond motifs is 6. The van der Waals surface area contributed by atoms with Crippen LogP contribution in [0.25, 0.3) is 17.0 Å². The molecule has 0 bridgehead atoms. The first-order valence-electron chi connectivity index (χ1n) is 8.24. The lowest BCUT2D eigenvalue weighted by Gasteiger charge is -2.37. The molecule has 2 aromatic rings. The SMILES string of the molecule is C[C@H]1[C@H](O)c2c(c3c(c4ccc(=O)[nH]c24)OC(C)(C)C=C3)O[C@@H]1C. The van der Waals surface area contributed by atoms with Crippen molar-refractivity contribution in [2.24, 2.45) is 5.92 Å². The van der Waals surface area contributed by atoms with Gasteiger partial charge in [0.2, 0.25) is 5.56 Å². The molecule has 24 heavy (non-hydrogen) atoms. The van der Waals surface area contributed by atoms with Gasteiger partial charge in [0.15, 0.2) is 0 Å². The molecule has 1 aromatic heterocycles. The number of aliphatic hydroxyl groups is 1. The largest absolute Gasteiger partial charge is 0.489 e. The lowest BCUT2D eigenvalue weighted by atomic mass is 9.85. The van der Waals surface area contributed by atoms with Crippen molar-refractivity contribution in [3.63, 3.8) is 0 Å². The highest BCUT2D eigenvalue weighted by atomic mass is 16.5. The van der Waals surface area contributed by atoms with Crippen LogP contribution in [0.2, 0.25) is 0 Å². The molecule has 4 rings (SSSR count). The van der Waals surface area contributed by atoms with Crippen LogP contribution in [-0.4, -0.2) is 21.8 Å². The fraction of sp³-hybridized carbons (Fsp3) is 0.421. The Kier molecular flexibility index (Phi) is 3.09. The minimum Gasteiger partial charge on any atom is -0.489 e. The Hall–Kier alpha value is -2.27. The maximum Gasteiger partial charge on any atom is 0.248 e. The van der Waals surface area contributed by atoms with E-state index in [1.165, 1.54) is 6.07 Å². The fourth-order valence-corrected chi connectivity index (χ4v) is 3.45. The minimum atomic E-state index is -0.710. The molecule has 0 amide bonds. The first-order valence-corrected chi connectivity index (χ1v) is 8.24. The van der Waals surface area contributed by atoms with Gasteiger partial charge in [-0.3, -0.25) is 4.79 Å². The first kappa shape index (κ1) is 15.3. The van der Waals surface area contributed by atoms with Gasteiger partial charge in [-0.2, -0.15) is 0 Å². The van der Waals surface area contributed by atoms with Crippen LogP contribution in [0.3, 0.4) is 0 Å². The highest BCUT2D eigenvalue weighted by Crippen LogP contribution is 2.50. The summed E-state index contributed by atoms with van der Waals surface area (Å²) in [7, 11) is 0. The monoisotopic (exact) mass is 327 g/mol. The van der Waals surface area contributed by atoms with E-state index in [4.69, 9.17) is 9.47 Å². The summed E-state index contributed by atoms with van der Waals surface area (Å²) in [6.07, 6.45) is 3.12. The number of benzene rings is 1. The topological polar surface area (TPSA) is 71.5 Å². The number of H-pyrrole nitrogens is 1. The standard InChI is InChI=1S/C19H21NO4/c1-9-10(2)23-18-12-7-8-19(3,4)24-17(12)11-5-6-13(21)20-15(11)14(18)16(9)22/h5-10,16,22H,1-4H3,(H,20,21)/t9-,10-,16+/m1/s1. The number of hydrogen-bond acceptors (Lipinski definition) is 4. The van der Waals surface area contributed by atoms with Crippen molar-refractivity contribution in [1.29, 1.82) is 0 Å². The van der Waals surface area contributed by atoms with Crippen LogP contribution in [0.1, 0.15) is 44.9 Å². The third kappa shape index (κ3) is 2.08. The molecule has 5 nitrogen and oxygen atoms in total. The van der Waals surface area contributed by atoms with Crippen LogP contribution in [0.15, 0.2) is 23.0 Å². The van der Waals surface area contributed by atoms with Crippen LogP contribution in [0, 0.1) is 5.92 Å². The number of aromatic nitrogens is 1. The zero-order valence-electron chi connectivity index (χ0n) is 14.2. The second-order valence-electron chi connectivity index (χ2n) is 7.26. The normalized spacial score (nSPS) is 27.1. The number of ether oxygens (including phenoxy) is 2. The molecule has 5 heteroatoms. The molecule has 3 heterocycles. The summed E-state index contributed by atoms with van der Waals surface area (Å²) < 4.78 is 12.3. The van der Waals surface area contributed by atoms with Gasteiger partial charge in [-0.05, 0) is 39.0 Å². The van der Waals surface area contributed by atoms with Crippen LogP contribution < -0.4 is 15.0 Å². The van der Waals surface area contributed by atoms with Crippen molar-refractivity contribution in [3.8, 4) is 11.5 Å². The van der Waals surface area contributed by atoms with Crippen LogP contribution in [0.5, 0.6) is 11.5 Å². The summed E-state index contributed by atoms with van der Waals surface area (Å²) in [5.74, 6) is 1.21. The van der Waals surface area contributed by atoms with Crippen molar-refractivity contribution in [3.05, 3.63) is 39.7 Å². The van der Waals surface area contributed by atoms with E-state index < -0.39 is 11.7 Å². The number of aromatic amines is 1. The molecular weight excluding hydrogens is 306 g/mol. The Morgan fingerprint density at radius 1 is 1.21 bits per heavy atom. The second-order valence-corrected chi connectivity index (χ2v) is 7.26. The highest BCUT2D eigenvalue weighted by Gasteiger charge is 2.38. The zero-order valence-corrected chi connectivity index (χ0v) is 14.2. The van der Waals surface area contributed by atoms with E-state index in [1.807, 2.05) is 39.8 Å². The Balaban J connectivity index is 2.13. The number of aliphatic hydroxyl groups excluding tert-OH is 1. The summed E-state index contributed by atoms with van der Waals surface area (Å²) in [4.78, 5) is 14.7. The molecule has 2 aliphatic heterocycles. The highest BCUT2D eigenvalue weighted by molar-refractivity contribution is 5.96. The molecule has 0 aliphatic carbocycles. The average Bonchev–Trinajstić information content (AvgIpc) is 2.51. The summed E-state index contributed by atoms with van der Waals surface area (Å²) in [5, 5.41) is 11.6. The molecule has 0 saturated heterocycles. The third-order valence-corrected chi connectivity index (χ3v) is 5.02. The van der Waals surface area contributed by atoms with Crippen LogP contribution in [0.4, 0.5) is 0 Å². The smallest absolute Gasteiger partial charge is 0.248 e. The van der Waals surface area contributed by atoms with Crippen LogP contribution >= 0.6 is 0 Å². The van der Waals surface area contributed by atoms with E-state index in [0.29, 0.717) is 22.6 Å². The molecule has 1 aromatic carbocycles. The lowest BCUT2D eigenvalue weighted by Crippen LogP contribution is -2.34. The van der Waals surface area contributed by atoms with Crippen molar-refractivity contribution in [2.75, 3.05) is 0 Å². The van der Waals surface area contributed by atoms with E-state index in [2.05, 4.69) is 4.98 Å². The number of hydrogen-bond donors (Lipinski definition) is 2. The molecule has 0 unspecified atom stereocenters. The molecule has 126 valence electrons. The predicted octanol–water partition coefficient (Wildman–Crippen LogP) is 3.16. The van der Waals surface area contributed by atoms with E-state index in [9.17, 15) is 9.90 Å². The van der Waals surface area contributed by atoms with E-state index >= 15 is 0 Å². The Bertz CT molecular complexity index is 925. The van der Waals surface area contributed by atoms with Crippen molar-refractivity contribution in [2.45, 2.75) is 45.5 Å².